The van der Waals surface area contributed by atoms with Crippen LogP contribution >= 0.6 is 0 Å². The molecular weight excluding hydrogens is 290 g/mol. The van der Waals surface area contributed by atoms with Gasteiger partial charge in [-0.3, -0.25) is 9.59 Å². The zero-order chi connectivity index (χ0) is 16.0. The van der Waals surface area contributed by atoms with Crippen molar-refractivity contribution in [1.29, 1.82) is 0 Å². The third-order valence-corrected chi connectivity index (χ3v) is 4.20. The summed E-state index contributed by atoms with van der Waals surface area (Å²) in [5.41, 5.74) is 3.02. The molecule has 5 nitrogen and oxygen atoms in total. The van der Waals surface area contributed by atoms with Gasteiger partial charge in [-0.1, -0.05) is 24.3 Å². The van der Waals surface area contributed by atoms with Crippen molar-refractivity contribution in [3.05, 3.63) is 69.6 Å². The van der Waals surface area contributed by atoms with E-state index in [9.17, 15) is 9.59 Å². The molecule has 5 heteroatoms. The molecule has 1 N–H and O–H groups in total. The van der Waals surface area contributed by atoms with Crippen molar-refractivity contribution in [2.24, 2.45) is 0 Å². The molecule has 1 amide bonds. The second-order valence-electron chi connectivity index (χ2n) is 5.79. The van der Waals surface area contributed by atoms with Gasteiger partial charge in [-0.15, -0.1) is 0 Å². The minimum absolute atomic E-state index is 0.152. The first-order valence-electron chi connectivity index (χ1n) is 7.53. The summed E-state index contributed by atoms with van der Waals surface area (Å²) < 4.78 is 1.70. The van der Waals surface area contributed by atoms with Crippen molar-refractivity contribution in [3.63, 3.8) is 0 Å². The number of aryl methyl sites for hydroxylation is 3. The average Bonchev–Trinajstić information content (AvgIpc) is 2.99. The second kappa shape index (κ2) is 5.05. The predicted octanol–water partition coefficient (Wildman–Crippen LogP) is 2.51. The zero-order valence-corrected chi connectivity index (χ0v) is 12.7. The van der Waals surface area contributed by atoms with Gasteiger partial charge in [0.1, 0.15) is 11.4 Å². The Hall–Kier alpha value is -2.95. The quantitative estimate of drug-likeness (QED) is 0.791. The first kappa shape index (κ1) is 13.7. The number of nitrogens with zero attached hydrogens (tertiary/aromatic N) is 2. The minimum Gasteiger partial charge on any atom is -0.307 e. The Labute approximate surface area is 132 Å². The van der Waals surface area contributed by atoms with E-state index in [-0.39, 0.29) is 11.1 Å². The third kappa shape index (κ3) is 2.21. The molecule has 2 aromatic heterocycles. The third-order valence-electron chi connectivity index (χ3n) is 4.20. The van der Waals surface area contributed by atoms with Crippen molar-refractivity contribution >= 4 is 22.6 Å². The summed E-state index contributed by atoms with van der Waals surface area (Å²) in [5.74, 6) is 0.0181. The summed E-state index contributed by atoms with van der Waals surface area (Å²) in [6, 6.07) is 11.2. The molecule has 0 atom stereocenters. The maximum absolute atomic E-state index is 12.6. The fourth-order valence-electron chi connectivity index (χ4n) is 3.06. The van der Waals surface area contributed by atoms with E-state index in [4.69, 9.17) is 0 Å². The van der Waals surface area contributed by atoms with Gasteiger partial charge in [-0.05, 0) is 42.0 Å². The van der Waals surface area contributed by atoms with E-state index in [1.54, 1.807) is 22.9 Å². The van der Waals surface area contributed by atoms with Crippen LogP contribution in [-0.2, 0) is 13.0 Å². The first-order chi connectivity index (χ1) is 11.1. The monoisotopic (exact) mass is 305 g/mol. The molecule has 114 valence electrons. The smallest absolute Gasteiger partial charge is 0.263 e. The number of carbonyl (C=O) groups excluding carboxylic acids is 1. The molecule has 3 aromatic rings. The molecule has 0 aliphatic carbocycles. The van der Waals surface area contributed by atoms with Crippen LogP contribution in [0.4, 0.5) is 5.82 Å². The Morgan fingerprint density at radius 1 is 1.26 bits per heavy atom. The lowest BCUT2D eigenvalue weighted by molar-refractivity contribution is 0.102. The van der Waals surface area contributed by atoms with Gasteiger partial charge in [-0.2, -0.15) is 0 Å². The maximum atomic E-state index is 12.6. The van der Waals surface area contributed by atoms with Gasteiger partial charge in [-0.25, -0.2) is 4.98 Å². The standard InChI is InChI=1S/C18H15N3O2/c1-11-5-6-15(19-10-11)20-17(22)14-9-13-4-2-3-12-7-8-21(16(12)13)18(14)23/h2-6,9-10H,7-8H2,1H3,(H,19,20,22). The van der Waals surface area contributed by atoms with E-state index in [0.29, 0.717) is 12.4 Å². The second-order valence-corrected chi connectivity index (χ2v) is 5.79. The molecule has 0 bridgehead atoms. The number of rotatable bonds is 2. The van der Waals surface area contributed by atoms with E-state index >= 15 is 0 Å². The van der Waals surface area contributed by atoms with E-state index in [1.165, 1.54) is 0 Å². The van der Waals surface area contributed by atoms with Crippen LogP contribution in [0.25, 0.3) is 10.9 Å². The molecule has 1 aliphatic rings. The highest BCUT2D eigenvalue weighted by Crippen LogP contribution is 2.24. The van der Waals surface area contributed by atoms with Crippen molar-refractivity contribution in [2.75, 3.05) is 5.32 Å². The molecule has 1 aliphatic heterocycles. The molecule has 0 saturated carbocycles. The predicted molar refractivity (Wildman–Crippen MR) is 88.8 cm³/mol. The molecule has 4 rings (SSSR count). The molecule has 0 radical (unpaired) electrons. The lowest BCUT2D eigenvalue weighted by Crippen LogP contribution is -2.28. The Morgan fingerprint density at radius 3 is 2.91 bits per heavy atom. The summed E-state index contributed by atoms with van der Waals surface area (Å²) in [7, 11) is 0. The highest BCUT2D eigenvalue weighted by Gasteiger charge is 2.21. The van der Waals surface area contributed by atoms with E-state index in [2.05, 4.69) is 10.3 Å². The van der Waals surface area contributed by atoms with E-state index in [0.717, 1.165) is 28.5 Å². The van der Waals surface area contributed by atoms with Crippen molar-refractivity contribution in [2.45, 2.75) is 19.9 Å². The Balaban J connectivity index is 1.78. The number of anilines is 1. The summed E-state index contributed by atoms with van der Waals surface area (Å²) in [6.45, 7) is 2.55. The van der Waals surface area contributed by atoms with Gasteiger partial charge in [0.15, 0.2) is 0 Å². The van der Waals surface area contributed by atoms with Gasteiger partial charge in [0.2, 0.25) is 0 Å². The fourth-order valence-corrected chi connectivity index (χ4v) is 3.06. The lowest BCUT2D eigenvalue weighted by atomic mass is 10.1. The number of carbonyl (C=O) groups is 1. The van der Waals surface area contributed by atoms with Crippen LogP contribution in [0.5, 0.6) is 0 Å². The van der Waals surface area contributed by atoms with Crippen LogP contribution in [-0.4, -0.2) is 15.5 Å². The lowest BCUT2D eigenvalue weighted by Gasteiger charge is -2.09. The summed E-state index contributed by atoms with van der Waals surface area (Å²) in [6.07, 6.45) is 2.51. The van der Waals surface area contributed by atoms with Crippen LogP contribution in [0.1, 0.15) is 21.5 Å². The van der Waals surface area contributed by atoms with Crippen LogP contribution in [0.2, 0.25) is 0 Å². The normalized spacial score (nSPS) is 12.6. The average molecular weight is 305 g/mol. The maximum Gasteiger partial charge on any atom is 0.263 e. The van der Waals surface area contributed by atoms with Crippen LogP contribution in [0.15, 0.2) is 47.4 Å². The molecule has 3 heterocycles. The molecule has 0 saturated heterocycles. The minimum atomic E-state index is -0.422. The number of aromatic nitrogens is 2. The molecule has 23 heavy (non-hydrogen) atoms. The molecular formula is C18H15N3O2. The first-order valence-corrected chi connectivity index (χ1v) is 7.53. The summed E-state index contributed by atoms with van der Waals surface area (Å²) >= 11 is 0. The van der Waals surface area contributed by atoms with Crippen LogP contribution < -0.4 is 10.9 Å². The van der Waals surface area contributed by atoms with Crippen LogP contribution in [0.3, 0.4) is 0 Å². The number of hydrogen-bond donors (Lipinski definition) is 1. The number of nitrogens with one attached hydrogen (secondary N) is 1. The van der Waals surface area contributed by atoms with Gasteiger partial charge < -0.3 is 9.88 Å². The van der Waals surface area contributed by atoms with Crippen molar-refractivity contribution in [1.82, 2.24) is 9.55 Å². The Bertz CT molecular complexity index is 988. The van der Waals surface area contributed by atoms with Crippen LogP contribution in [0, 0.1) is 6.92 Å². The topological polar surface area (TPSA) is 64.0 Å². The van der Waals surface area contributed by atoms with Gasteiger partial charge in [0.25, 0.3) is 11.5 Å². The van der Waals surface area contributed by atoms with Gasteiger partial charge in [0.05, 0.1) is 5.52 Å². The largest absolute Gasteiger partial charge is 0.307 e. The Morgan fingerprint density at radius 2 is 2.13 bits per heavy atom. The SMILES string of the molecule is Cc1ccc(NC(=O)c2cc3cccc4c3n(c2=O)CC4)nc1. The van der Waals surface area contributed by atoms with Crippen molar-refractivity contribution in [3.8, 4) is 0 Å². The van der Waals surface area contributed by atoms with E-state index in [1.807, 2.05) is 31.2 Å². The van der Waals surface area contributed by atoms with E-state index < -0.39 is 5.91 Å². The molecule has 0 fully saturated rings. The summed E-state index contributed by atoms with van der Waals surface area (Å²) in [4.78, 5) is 29.2. The molecule has 0 unspecified atom stereocenters. The number of benzene rings is 1. The number of hydrogen-bond acceptors (Lipinski definition) is 3. The Kier molecular flexibility index (Phi) is 3.01. The van der Waals surface area contributed by atoms with Gasteiger partial charge in [0, 0.05) is 12.7 Å². The fraction of sp³-hybridized carbons (Fsp3) is 0.167. The molecule has 1 aromatic carbocycles. The number of pyridine rings is 2. The summed E-state index contributed by atoms with van der Waals surface area (Å²) in [5, 5.41) is 3.61. The molecule has 0 spiro atoms. The highest BCUT2D eigenvalue weighted by molar-refractivity contribution is 6.05. The highest BCUT2D eigenvalue weighted by atomic mass is 16.2. The zero-order valence-electron chi connectivity index (χ0n) is 12.7. The van der Waals surface area contributed by atoms with Crippen molar-refractivity contribution < 1.29 is 4.79 Å². The number of amides is 1. The number of para-hydroxylation sites is 1. The van der Waals surface area contributed by atoms with Gasteiger partial charge >= 0.3 is 0 Å².